The molecule has 1 aliphatic rings. The average Bonchev–Trinajstić information content (AvgIpc) is 2.52. The smallest absolute Gasteiger partial charge is 0.105 e. The molecule has 0 aliphatic carbocycles. The second kappa shape index (κ2) is 8.71. The van der Waals surface area contributed by atoms with Gasteiger partial charge in [0, 0.05) is 24.6 Å². The van der Waals surface area contributed by atoms with Gasteiger partial charge in [-0.1, -0.05) is 23.7 Å². The maximum absolute atomic E-state index is 10.7. The van der Waals surface area contributed by atoms with Gasteiger partial charge in [0.25, 0.3) is 0 Å². The first-order valence-electron chi connectivity index (χ1n) is 7.47. The third-order valence-electron chi connectivity index (χ3n) is 3.90. The summed E-state index contributed by atoms with van der Waals surface area (Å²) in [5.41, 5.74) is 0.801. The molecule has 118 valence electrons. The van der Waals surface area contributed by atoms with E-state index < -0.39 is 6.10 Å². The lowest BCUT2D eigenvalue weighted by Crippen LogP contribution is -2.41. The lowest BCUT2D eigenvalue weighted by Gasteiger charge is -2.34. The van der Waals surface area contributed by atoms with E-state index in [-0.39, 0.29) is 6.10 Å². The van der Waals surface area contributed by atoms with Crippen molar-refractivity contribution in [3.8, 4) is 0 Å². The number of methoxy groups -OCH3 is 1. The van der Waals surface area contributed by atoms with Gasteiger partial charge in [-0.25, -0.2) is 0 Å². The van der Waals surface area contributed by atoms with Crippen molar-refractivity contribution in [3.63, 3.8) is 0 Å². The molecule has 3 atom stereocenters. The maximum atomic E-state index is 10.7. The molecule has 1 heterocycles. The van der Waals surface area contributed by atoms with Gasteiger partial charge < -0.3 is 19.9 Å². The van der Waals surface area contributed by atoms with Crippen LogP contribution in [0.3, 0.4) is 0 Å². The van der Waals surface area contributed by atoms with Gasteiger partial charge in [-0.05, 0) is 37.1 Å². The van der Waals surface area contributed by atoms with Crippen molar-refractivity contribution in [1.82, 2.24) is 5.32 Å². The van der Waals surface area contributed by atoms with E-state index in [0.29, 0.717) is 24.2 Å². The van der Waals surface area contributed by atoms with Crippen molar-refractivity contribution in [1.29, 1.82) is 0 Å². The standard InChI is InChI=1S/C16H24ClNO3/c1-20-8-9-21-16(13-5-3-7-18-11-13)15(19)12-4-2-6-14(17)10-12/h2,4,6,10,13,15-16,18-19H,3,5,7-9,11H2,1H3/t13-,15+,16?/m1/s1. The topological polar surface area (TPSA) is 50.7 Å². The van der Waals surface area contributed by atoms with Gasteiger partial charge in [-0.3, -0.25) is 0 Å². The van der Waals surface area contributed by atoms with Crippen molar-refractivity contribution < 1.29 is 14.6 Å². The number of ether oxygens (including phenoxy) is 2. The molecule has 1 aromatic rings. The van der Waals surface area contributed by atoms with Gasteiger partial charge in [0.05, 0.1) is 19.3 Å². The van der Waals surface area contributed by atoms with Gasteiger partial charge in [0.1, 0.15) is 6.10 Å². The monoisotopic (exact) mass is 313 g/mol. The van der Waals surface area contributed by atoms with Gasteiger partial charge in [-0.2, -0.15) is 0 Å². The molecule has 1 saturated heterocycles. The molecule has 0 spiro atoms. The first-order valence-corrected chi connectivity index (χ1v) is 7.85. The van der Waals surface area contributed by atoms with E-state index >= 15 is 0 Å². The fourth-order valence-electron chi connectivity index (χ4n) is 2.79. The van der Waals surface area contributed by atoms with Gasteiger partial charge >= 0.3 is 0 Å². The van der Waals surface area contributed by atoms with Crippen LogP contribution in [0, 0.1) is 5.92 Å². The highest BCUT2D eigenvalue weighted by atomic mass is 35.5. The fraction of sp³-hybridized carbons (Fsp3) is 0.625. The van der Waals surface area contributed by atoms with Crippen molar-refractivity contribution in [2.75, 3.05) is 33.4 Å². The Morgan fingerprint density at radius 1 is 1.43 bits per heavy atom. The Morgan fingerprint density at radius 2 is 2.29 bits per heavy atom. The van der Waals surface area contributed by atoms with E-state index in [1.165, 1.54) is 0 Å². The average molecular weight is 314 g/mol. The Labute approximate surface area is 131 Å². The minimum atomic E-state index is -0.676. The summed E-state index contributed by atoms with van der Waals surface area (Å²) in [5.74, 6) is 0.296. The van der Waals surface area contributed by atoms with E-state index in [4.69, 9.17) is 21.1 Å². The molecule has 0 amide bonds. The molecular formula is C16H24ClNO3. The summed E-state index contributed by atoms with van der Waals surface area (Å²) in [6.45, 7) is 2.91. The number of aliphatic hydroxyl groups excluding tert-OH is 1. The summed E-state index contributed by atoms with van der Waals surface area (Å²) < 4.78 is 11.0. The molecule has 0 bridgehead atoms. The first-order chi connectivity index (χ1) is 10.2. The van der Waals surface area contributed by atoms with E-state index in [1.54, 1.807) is 19.2 Å². The van der Waals surface area contributed by atoms with Crippen molar-refractivity contribution in [3.05, 3.63) is 34.9 Å². The van der Waals surface area contributed by atoms with Crippen LogP contribution in [-0.2, 0) is 9.47 Å². The van der Waals surface area contributed by atoms with Crippen LogP contribution < -0.4 is 5.32 Å². The zero-order valence-corrected chi connectivity index (χ0v) is 13.2. The van der Waals surface area contributed by atoms with Gasteiger partial charge in [0.2, 0.25) is 0 Å². The van der Waals surface area contributed by atoms with E-state index in [0.717, 1.165) is 31.5 Å². The van der Waals surface area contributed by atoms with E-state index in [1.807, 2.05) is 12.1 Å². The molecular weight excluding hydrogens is 290 g/mol. The zero-order chi connectivity index (χ0) is 15.1. The Bertz CT molecular complexity index is 424. The number of aliphatic hydroxyl groups is 1. The highest BCUT2D eigenvalue weighted by Crippen LogP contribution is 2.29. The molecule has 0 aromatic heterocycles. The predicted octanol–water partition coefficient (Wildman–Crippen LogP) is 2.40. The Kier molecular flexibility index (Phi) is 6.93. The summed E-state index contributed by atoms with van der Waals surface area (Å²) in [5, 5.41) is 14.7. The van der Waals surface area contributed by atoms with Crippen LogP contribution in [0.25, 0.3) is 0 Å². The molecule has 1 aliphatic heterocycles. The second-order valence-electron chi connectivity index (χ2n) is 5.43. The summed E-state index contributed by atoms with van der Waals surface area (Å²) >= 11 is 6.02. The Hall–Kier alpha value is -0.650. The van der Waals surface area contributed by atoms with Crippen LogP contribution in [0.2, 0.25) is 5.02 Å². The second-order valence-corrected chi connectivity index (χ2v) is 5.87. The molecule has 0 radical (unpaired) electrons. The molecule has 4 nitrogen and oxygen atoms in total. The minimum Gasteiger partial charge on any atom is -0.386 e. The van der Waals surface area contributed by atoms with Gasteiger partial charge in [0.15, 0.2) is 0 Å². The van der Waals surface area contributed by atoms with Crippen molar-refractivity contribution in [2.24, 2.45) is 5.92 Å². The van der Waals surface area contributed by atoms with Crippen molar-refractivity contribution in [2.45, 2.75) is 25.0 Å². The van der Waals surface area contributed by atoms with Crippen molar-refractivity contribution >= 4 is 11.6 Å². The number of piperidine rings is 1. The number of hydrogen-bond donors (Lipinski definition) is 2. The molecule has 0 saturated carbocycles. The molecule has 5 heteroatoms. The molecule has 21 heavy (non-hydrogen) atoms. The highest BCUT2D eigenvalue weighted by molar-refractivity contribution is 6.30. The summed E-state index contributed by atoms with van der Waals surface area (Å²) in [6, 6.07) is 7.35. The SMILES string of the molecule is COCCOC([C@@H]1CCCNC1)[C@@H](O)c1cccc(Cl)c1. The predicted molar refractivity (Wildman–Crippen MR) is 83.6 cm³/mol. The number of hydrogen-bond acceptors (Lipinski definition) is 4. The minimum absolute atomic E-state index is 0.244. The summed E-state index contributed by atoms with van der Waals surface area (Å²) in [6.07, 6.45) is 1.25. The maximum Gasteiger partial charge on any atom is 0.105 e. The third-order valence-corrected chi connectivity index (χ3v) is 4.13. The number of halogens is 1. The van der Waals surface area contributed by atoms with Crippen LogP contribution in [0.15, 0.2) is 24.3 Å². The zero-order valence-electron chi connectivity index (χ0n) is 12.4. The lowest BCUT2D eigenvalue weighted by molar-refractivity contribution is -0.0853. The number of rotatable bonds is 7. The van der Waals surface area contributed by atoms with Crippen LogP contribution in [0.1, 0.15) is 24.5 Å². The van der Waals surface area contributed by atoms with Gasteiger partial charge in [-0.15, -0.1) is 0 Å². The molecule has 1 fully saturated rings. The van der Waals surface area contributed by atoms with Crippen LogP contribution in [0.5, 0.6) is 0 Å². The van der Waals surface area contributed by atoms with E-state index in [9.17, 15) is 5.11 Å². The summed E-state index contributed by atoms with van der Waals surface area (Å²) in [4.78, 5) is 0. The van der Waals surface area contributed by atoms with Crippen LogP contribution in [0.4, 0.5) is 0 Å². The molecule has 2 N–H and O–H groups in total. The molecule has 1 aromatic carbocycles. The lowest BCUT2D eigenvalue weighted by atomic mass is 9.88. The van der Waals surface area contributed by atoms with E-state index in [2.05, 4.69) is 5.32 Å². The normalized spacial score (nSPS) is 22.0. The molecule has 1 unspecified atom stereocenters. The first kappa shape index (κ1) is 16.7. The third kappa shape index (κ3) is 4.94. The Balaban J connectivity index is 2.08. The Morgan fingerprint density at radius 3 is 2.95 bits per heavy atom. The summed E-state index contributed by atoms with van der Waals surface area (Å²) in [7, 11) is 1.65. The van der Waals surface area contributed by atoms with Crippen LogP contribution >= 0.6 is 11.6 Å². The number of nitrogens with one attached hydrogen (secondary N) is 1. The van der Waals surface area contributed by atoms with Crippen LogP contribution in [-0.4, -0.2) is 44.6 Å². The molecule has 2 rings (SSSR count). The fourth-order valence-corrected chi connectivity index (χ4v) is 2.99. The quantitative estimate of drug-likeness (QED) is 0.759. The largest absolute Gasteiger partial charge is 0.386 e. The number of benzene rings is 1. The highest BCUT2D eigenvalue weighted by Gasteiger charge is 2.31.